The van der Waals surface area contributed by atoms with Crippen LogP contribution >= 0.6 is 12.2 Å². The van der Waals surface area contributed by atoms with Crippen LogP contribution in [0.15, 0.2) is 0 Å². The van der Waals surface area contributed by atoms with Crippen LogP contribution < -0.4 is 0 Å². The van der Waals surface area contributed by atoms with E-state index in [4.69, 9.17) is 5.11 Å². The zero-order chi connectivity index (χ0) is 17.1. The van der Waals surface area contributed by atoms with Gasteiger partial charge in [-0.3, -0.25) is 4.79 Å². The molecule has 0 saturated heterocycles. The third-order valence-corrected chi connectivity index (χ3v) is 2.43. The zero-order valence-corrected chi connectivity index (χ0v) is 10.7. The lowest BCUT2D eigenvalue weighted by Gasteiger charge is -2.31. The fraction of sp³-hybridized carbons (Fsp3) is 0.778. The lowest BCUT2D eigenvalue weighted by atomic mass is 10.1. The molecule has 21 heavy (non-hydrogen) atoms. The van der Waals surface area contributed by atoms with Gasteiger partial charge in [-0.1, -0.05) is 0 Å². The van der Waals surface area contributed by atoms with Crippen LogP contribution in [0, 0.1) is 0 Å². The van der Waals surface area contributed by atoms with E-state index < -0.39 is 54.7 Å². The largest absolute Gasteiger partial charge is 0.481 e. The van der Waals surface area contributed by atoms with Gasteiger partial charge in [-0.25, -0.2) is 8.78 Å². The molecule has 0 atom stereocenters. The van der Waals surface area contributed by atoms with Crippen molar-refractivity contribution in [2.24, 2.45) is 0 Å². The van der Waals surface area contributed by atoms with Crippen molar-refractivity contribution >= 4 is 23.2 Å². The molecule has 0 radical (unpaired) electrons. The molecule has 0 unspecified atom stereocenters. The quantitative estimate of drug-likeness (QED) is 0.540. The molecule has 12 heteroatoms. The van der Waals surface area contributed by atoms with E-state index >= 15 is 0 Å². The summed E-state index contributed by atoms with van der Waals surface area (Å²) in [5.74, 6) is -19.7. The van der Waals surface area contributed by atoms with Gasteiger partial charge in [0, 0.05) is 6.42 Å². The highest BCUT2D eigenvalue weighted by atomic mass is 32.1. The predicted octanol–water partition coefficient (Wildman–Crippen LogP) is 3.37. The van der Waals surface area contributed by atoms with E-state index in [2.05, 4.69) is 17.0 Å². The molecule has 0 aliphatic rings. The van der Waals surface area contributed by atoms with Crippen LogP contribution in [0.3, 0.4) is 0 Å². The van der Waals surface area contributed by atoms with E-state index in [0.29, 0.717) is 0 Å². The average Bonchev–Trinajstić information content (AvgIpc) is 2.33. The number of rotatable bonds is 8. The van der Waals surface area contributed by atoms with E-state index in [0.717, 1.165) is 0 Å². The molecule has 0 aromatic carbocycles. The van der Waals surface area contributed by atoms with Gasteiger partial charge in [0.05, 0.1) is 6.42 Å². The molecule has 0 bridgehead atoms. The molecule has 0 amide bonds. The summed E-state index contributed by atoms with van der Waals surface area (Å²) in [6.07, 6.45) is -6.30. The number of aliphatic carboxylic acids is 1. The standard InChI is InChI=1S/C9H8F8O3S/c10-6(11)8(14,15)9(16,17)7(12,13)3-20-5(21)2-1-4(18)19/h6H,1-3H2,(H,18,19). The number of alkyl halides is 8. The highest BCUT2D eigenvalue weighted by Crippen LogP contribution is 2.48. The van der Waals surface area contributed by atoms with Gasteiger partial charge in [0.2, 0.25) is 0 Å². The Kier molecular flexibility index (Phi) is 6.32. The Morgan fingerprint density at radius 1 is 1.10 bits per heavy atom. The van der Waals surface area contributed by atoms with Crippen molar-refractivity contribution in [3.05, 3.63) is 0 Å². The summed E-state index contributed by atoms with van der Waals surface area (Å²) >= 11 is 4.21. The van der Waals surface area contributed by atoms with Crippen molar-refractivity contribution in [2.45, 2.75) is 37.0 Å². The normalized spacial score (nSPS) is 13.4. The van der Waals surface area contributed by atoms with E-state index in [1.165, 1.54) is 0 Å². The van der Waals surface area contributed by atoms with Gasteiger partial charge >= 0.3 is 30.2 Å². The Balaban J connectivity index is 4.82. The van der Waals surface area contributed by atoms with Gasteiger partial charge in [0.15, 0.2) is 11.7 Å². The molecule has 3 nitrogen and oxygen atoms in total. The summed E-state index contributed by atoms with van der Waals surface area (Å²) in [6, 6.07) is 0. The second-order valence-corrected chi connectivity index (χ2v) is 4.21. The number of carboxylic acids is 1. The molecule has 0 fully saturated rings. The monoisotopic (exact) mass is 348 g/mol. The smallest absolute Gasteiger partial charge is 0.381 e. The predicted molar refractivity (Wildman–Crippen MR) is 56.3 cm³/mol. The van der Waals surface area contributed by atoms with Gasteiger partial charge in [0.1, 0.15) is 0 Å². The van der Waals surface area contributed by atoms with E-state index in [-0.39, 0.29) is 0 Å². The summed E-state index contributed by atoms with van der Waals surface area (Å²) in [7, 11) is 0. The van der Waals surface area contributed by atoms with Crippen LogP contribution in [0.5, 0.6) is 0 Å². The molecule has 0 aromatic heterocycles. The van der Waals surface area contributed by atoms with Gasteiger partial charge in [-0.2, -0.15) is 26.3 Å². The van der Waals surface area contributed by atoms with Crippen LogP contribution in [0.2, 0.25) is 0 Å². The average molecular weight is 348 g/mol. The number of hydrogen-bond donors (Lipinski definition) is 1. The summed E-state index contributed by atoms with van der Waals surface area (Å²) in [6.45, 7) is -2.39. The molecule has 0 saturated carbocycles. The number of carbonyl (C=O) groups is 1. The molecule has 124 valence electrons. The highest BCUT2D eigenvalue weighted by molar-refractivity contribution is 7.80. The maximum Gasteiger partial charge on any atom is 0.381 e. The molecular weight excluding hydrogens is 340 g/mol. The van der Waals surface area contributed by atoms with Crippen LogP contribution in [0.25, 0.3) is 0 Å². The maximum absolute atomic E-state index is 13.0. The van der Waals surface area contributed by atoms with Crippen molar-refractivity contribution in [2.75, 3.05) is 6.61 Å². The molecule has 0 aliphatic heterocycles. The first-order chi connectivity index (χ1) is 9.25. The van der Waals surface area contributed by atoms with Crippen LogP contribution in [0.1, 0.15) is 12.8 Å². The lowest BCUT2D eigenvalue weighted by molar-refractivity contribution is -0.342. The zero-order valence-electron chi connectivity index (χ0n) is 9.89. The Hall–Kier alpha value is -1.20. The SMILES string of the molecule is O=C(O)CCC(=S)OCC(F)(F)C(F)(F)C(F)(F)C(F)F. The number of hydrogen-bond acceptors (Lipinski definition) is 3. The molecule has 0 spiro atoms. The summed E-state index contributed by atoms with van der Waals surface area (Å²) in [4.78, 5) is 10.1. The second-order valence-electron chi connectivity index (χ2n) is 3.76. The fourth-order valence-corrected chi connectivity index (χ4v) is 1.08. The van der Waals surface area contributed by atoms with Crippen LogP contribution in [-0.4, -0.2) is 46.9 Å². The Labute approximate surface area is 117 Å². The number of thiocarbonyl (C=S) groups is 1. The van der Waals surface area contributed by atoms with E-state index in [1.807, 2.05) is 0 Å². The van der Waals surface area contributed by atoms with Gasteiger partial charge in [-0.05, 0) is 12.2 Å². The molecule has 0 heterocycles. The minimum Gasteiger partial charge on any atom is -0.481 e. The van der Waals surface area contributed by atoms with Gasteiger partial charge in [-0.15, -0.1) is 0 Å². The van der Waals surface area contributed by atoms with Crippen molar-refractivity contribution in [1.82, 2.24) is 0 Å². The molecule has 0 aliphatic carbocycles. The first kappa shape index (κ1) is 19.8. The molecular formula is C9H8F8O3S. The topological polar surface area (TPSA) is 46.5 Å². The lowest BCUT2D eigenvalue weighted by Crippen LogP contribution is -2.59. The first-order valence-corrected chi connectivity index (χ1v) is 5.45. The van der Waals surface area contributed by atoms with Crippen molar-refractivity contribution < 1.29 is 49.8 Å². The molecule has 0 aromatic rings. The highest BCUT2D eigenvalue weighted by Gasteiger charge is 2.75. The van der Waals surface area contributed by atoms with Crippen LogP contribution in [0.4, 0.5) is 35.1 Å². The minimum atomic E-state index is -6.38. The molecule has 0 rings (SSSR count). The number of ether oxygens (including phenoxy) is 1. The number of carboxylic acid groups (broad SMARTS) is 1. The minimum absolute atomic E-state index is 0.614. The summed E-state index contributed by atoms with van der Waals surface area (Å²) in [5, 5.41) is 7.37. The summed E-state index contributed by atoms with van der Waals surface area (Å²) in [5.41, 5.74) is 0. The van der Waals surface area contributed by atoms with Gasteiger partial charge in [0.25, 0.3) is 0 Å². The molecule has 1 N–H and O–H groups in total. The van der Waals surface area contributed by atoms with Crippen molar-refractivity contribution in [3.8, 4) is 0 Å². The Bertz CT molecular complexity index is 398. The maximum atomic E-state index is 13.0. The second kappa shape index (κ2) is 6.71. The fourth-order valence-electron chi connectivity index (χ4n) is 0.924. The summed E-state index contributed by atoms with van der Waals surface area (Å²) < 4.78 is 104. The van der Waals surface area contributed by atoms with Crippen molar-refractivity contribution in [1.29, 1.82) is 0 Å². The van der Waals surface area contributed by atoms with Crippen LogP contribution in [-0.2, 0) is 9.53 Å². The van der Waals surface area contributed by atoms with E-state index in [1.54, 1.807) is 0 Å². The third kappa shape index (κ3) is 4.64. The number of halogens is 8. The Morgan fingerprint density at radius 3 is 1.95 bits per heavy atom. The van der Waals surface area contributed by atoms with Gasteiger partial charge < -0.3 is 9.84 Å². The van der Waals surface area contributed by atoms with Crippen molar-refractivity contribution in [3.63, 3.8) is 0 Å². The first-order valence-electron chi connectivity index (χ1n) is 5.04. The van der Waals surface area contributed by atoms with E-state index in [9.17, 15) is 39.9 Å². The third-order valence-electron chi connectivity index (χ3n) is 2.11. The Morgan fingerprint density at radius 2 is 1.57 bits per heavy atom.